The summed E-state index contributed by atoms with van der Waals surface area (Å²) < 4.78 is 0. The maximum absolute atomic E-state index is 5.81. The van der Waals surface area contributed by atoms with Crippen LogP contribution in [0.25, 0.3) is 11.3 Å². The van der Waals surface area contributed by atoms with Crippen LogP contribution >= 0.6 is 0 Å². The van der Waals surface area contributed by atoms with Crippen molar-refractivity contribution in [3.8, 4) is 11.3 Å². The van der Waals surface area contributed by atoms with Gasteiger partial charge in [-0.25, -0.2) is 0 Å². The molecule has 2 N–H and O–H groups in total. The van der Waals surface area contributed by atoms with Crippen molar-refractivity contribution in [3.63, 3.8) is 0 Å². The molecule has 1 fully saturated rings. The summed E-state index contributed by atoms with van der Waals surface area (Å²) in [4.78, 5) is 6.92. The van der Waals surface area contributed by atoms with Crippen LogP contribution in [0, 0.1) is 0 Å². The van der Waals surface area contributed by atoms with E-state index in [4.69, 9.17) is 5.73 Å². The molecular formula is C17H21N3. The molecule has 1 atom stereocenters. The summed E-state index contributed by atoms with van der Waals surface area (Å²) in [6.07, 6.45) is 4.41. The summed E-state index contributed by atoms with van der Waals surface area (Å²) in [5.41, 5.74) is 9.99. The van der Waals surface area contributed by atoms with Crippen molar-refractivity contribution in [3.05, 3.63) is 48.2 Å². The molecule has 20 heavy (non-hydrogen) atoms. The standard InChI is InChI=1S/C17H21N3/c1-13(20-10-2-3-11-20)14-4-6-15(7-5-14)17-12-16(18)8-9-19-17/h4-9,12-13H,2-3,10-11H2,1H3,(H2,18,19)/t13-/m1/s1. The Kier molecular flexibility index (Phi) is 3.70. The fourth-order valence-electron chi connectivity index (χ4n) is 2.88. The molecule has 1 aromatic heterocycles. The van der Waals surface area contributed by atoms with Gasteiger partial charge in [-0.05, 0) is 50.6 Å². The minimum Gasteiger partial charge on any atom is -0.399 e. The van der Waals surface area contributed by atoms with Gasteiger partial charge in [0, 0.05) is 23.5 Å². The van der Waals surface area contributed by atoms with Crippen LogP contribution in [0.3, 0.4) is 0 Å². The summed E-state index contributed by atoms with van der Waals surface area (Å²) in [6.45, 7) is 4.73. The molecule has 0 radical (unpaired) electrons. The Morgan fingerprint density at radius 1 is 1.10 bits per heavy atom. The molecule has 1 aliphatic heterocycles. The summed E-state index contributed by atoms with van der Waals surface area (Å²) >= 11 is 0. The molecule has 0 aliphatic carbocycles. The summed E-state index contributed by atoms with van der Waals surface area (Å²) in [7, 11) is 0. The average molecular weight is 267 g/mol. The van der Waals surface area contributed by atoms with Gasteiger partial charge in [-0.15, -0.1) is 0 Å². The van der Waals surface area contributed by atoms with Gasteiger partial charge < -0.3 is 5.73 Å². The molecule has 0 spiro atoms. The molecule has 2 aromatic rings. The molecule has 1 aromatic carbocycles. The van der Waals surface area contributed by atoms with E-state index in [-0.39, 0.29) is 0 Å². The van der Waals surface area contributed by atoms with E-state index in [1.807, 2.05) is 12.1 Å². The highest BCUT2D eigenvalue weighted by Gasteiger charge is 2.19. The van der Waals surface area contributed by atoms with Crippen LogP contribution in [0.1, 0.15) is 31.4 Å². The lowest BCUT2D eigenvalue weighted by Crippen LogP contribution is -2.23. The van der Waals surface area contributed by atoms with E-state index in [0.29, 0.717) is 6.04 Å². The topological polar surface area (TPSA) is 42.1 Å². The molecule has 3 rings (SSSR count). The molecular weight excluding hydrogens is 246 g/mol. The number of hydrogen-bond acceptors (Lipinski definition) is 3. The first-order chi connectivity index (χ1) is 9.74. The number of hydrogen-bond donors (Lipinski definition) is 1. The monoisotopic (exact) mass is 267 g/mol. The second-order valence-electron chi connectivity index (χ2n) is 5.52. The van der Waals surface area contributed by atoms with E-state index in [2.05, 4.69) is 41.1 Å². The van der Waals surface area contributed by atoms with Crippen molar-refractivity contribution in [2.45, 2.75) is 25.8 Å². The molecule has 0 saturated carbocycles. The Morgan fingerprint density at radius 2 is 1.80 bits per heavy atom. The highest BCUT2D eigenvalue weighted by molar-refractivity contribution is 5.63. The van der Waals surface area contributed by atoms with Gasteiger partial charge in [0.05, 0.1) is 5.69 Å². The zero-order chi connectivity index (χ0) is 13.9. The lowest BCUT2D eigenvalue weighted by atomic mass is 10.0. The first kappa shape index (κ1) is 13.1. The number of likely N-dealkylation sites (tertiary alicyclic amines) is 1. The van der Waals surface area contributed by atoms with Crippen LogP contribution in [-0.4, -0.2) is 23.0 Å². The number of pyridine rings is 1. The molecule has 0 bridgehead atoms. The van der Waals surface area contributed by atoms with E-state index in [0.717, 1.165) is 16.9 Å². The molecule has 0 unspecified atom stereocenters. The number of nitrogens with two attached hydrogens (primary N) is 1. The maximum atomic E-state index is 5.81. The molecule has 3 nitrogen and oxygen atoms in total. The van der Waals surface area contributed by atoms with Gasteiger partial charge in [0.15, 0.2) is 0 Å². The lowest BCUT2D eigenvalue weighted by molar-refractivity contribution is 0.263. The van der Waals surface area contributed by atoms with E-state index in [9.17, 15) is 0 Å². The molecule has 1 aliphatic rings. The van der Waals surface area contributed by atoms with Crippen LogP contribution in [-0.2, 0) is 0 Å². The van der Waals surface area contributed by atoms with Crippen molar-refractivity contribution >= 4 is 5.69 Å². The number of anilines is 1. The molecule has 2 heterocycles. The largest absolute Gasteiger partial charge is 0.399 e. The Balaban J connectivity index is 1.80. The highest BCUT2D eigenvalue weighted by Crippen LogP contribution is 2.26. The van der Waals surface area contributed by atoms with Crippen LogP contribution in [0.2, 0.25) is 0 Å². The predicted molar refractivity (Wildman–Crippen MR) is 83.3 cm³/mol. The van der Waals surface area contributed by atoms with Crippen LogP contribution < -0.4 is 5.73 Å². The molecule has 3 heteroatoms. The number of rotatable bonds is 3. The maximum Gasteiger partial charge on any atom is 0.0722 e. The van der Waals surface area contributed by atoms with Crippen molar-refractivity contribution in [1.82, 2.24) is 9.88 Å². The normalized spacial score (nSPS) is 17.2. The van der Waals surface area contributed by atoms with Crippen molar-refractivity contribution in [1.29, 1.82) is 0 Å². The first-order valence-electron chi connectivity index (χ1n) is 7.30. The van der Waals surface area contributed by atoms with Crippen molar-refractivity contribution in [2.24, 2.45) is 0 Å². The smallest absolute Gasteiger partial charge is 0.0722 e. The minimum atomic E-state index is 0.500. The van der Waals surface area contributed by atoms with Gasteiger partial charge in [0.2, 0.25) is 0 Å². The Bertz CT molecular complexity index is 571. The highest BCUT2D eigenvalue weighted by atomic mass is 15.2. The quantitative estimate of drug-likeness (QED) is 0.925. The second kappa shape index (κ2) is 5.63. The number of nitrogens with zero attached hydrogens (tertiary/aromatic N) is 2. The molecule has 1 saturated heterocycles. The van der Waals surface area contributed by atoms with Crippen LogP contribution in [0.15, 0.2) is 42.6 Å². The number of benzene rings is 1. The summed E-state index contributed by atoms with van der Waals surface area (Å²) in [5.74, 6) is 0. The SMILES string of the molecule is C[C@H](c1ccc(-c2cc(N)ccn2)cc1)N1CCCC1. The zero-order valence-corrected chi connectivity index (χ0v) is 11.9. The fourth-order valence-corrected chi connectivity index (χ4v) is 2.88. The number of nitrogen functional groups attached to an aromatic ring is 1. The summed E-state index contributed by atoms with van der Waals surface area (Å²) in [5, 5.41) is 0. The minimum absolute atomic E-state index is 0.500. The van der Waals surface area contributed by atoms with Crippen molar-refractivity contribution in [2.75, 3.05) is 18.8 Å². The van der Waals surface area contributed by atoms with Gasteiger partial charge in [-0.3, -0.25) is 9.88 Å². The number of aromatic nitrogens is 1. The third kappa shape index (κ3) is 2.68. The lowest BCUT2D eigenvalue weighted by Gasteiger charge is -2.24. The Hall–Kier alpha value is -1.87. The summed E-state index contributed by atoms with van der Waals surface area (Å²) in [6, 6.07) is 12.9. The fraction of sp³-hybridized carbons (Fsp3) is 0.353. The third-order valence-electron chi connectivity index (χ3n) is 4.16. The second-order valence-corrected chi connectivity index (χ2v) is 5.52. The van der Waals surface area contributed by atoms with Crippen LogP contribution in [0.4, 0.5) is 5.69 Å². The first-order valence-corrected chi connectivity index (χ1v) is 7.30. The van der Waals surface area contributed by atoms with E-state index in [1.54, 1.807) is 6.20 Å². The predicted octanol–water partition coefficient (Wildman–Crippen LogP) is 3.49. The van der Waals surface area contributed by atoms with Gasteiger partial charge in [0.1, 0.15) is 0 Å². The van der Waals surface area contributed by atoms with Gasteiger partial charge in [0.25, 0.3) is 0 Å². The van der Waals surface area contributed by atoms with E-state index < -0.39 is 0 Å². The Morgan fingerprint density at radius 3 is 2.45 bits per heavy atom. The van der Waals surface area contributed by atoms with Gasteiger partial charge in [-0.1, -0.05) is 24.3 Å². The van der Waals surface area contributed by atoms with E-state index in [1.165, 1.54) is 31.5 Å². The van der Waals surface area contributed by atoms with Crippen molar-refractivity contribution < 1.29 is 0 Å². The van der Waals surface area contributed by atoms with Gasteiger partial charge >= 0.3 is 0 Å². The average Bonchev–Trinajstić information content (AvgIpc) is 3.01. The molecule has 0 amide bonds. The van der Waals surface area contributed by atoms with Crippen LogP contribution in [0.5, 0.6) is 0 Å². The van der Waals surface area contributed by atoms with E-state index >= 15 is 0 Å². The van der Waals surface area contributed by atoms with Gasteiger partial charge in [-0.2, -0.15) is 0 Å². The molecule has 104 valence electrons. The zero-order valence-electron chi connectivity index (χ0n) is 11.9. The Labute approximate surface area is 120 Å². The third-order valence-corrected chi connectivity index (χ3v) is 4.16.